The normalized spacial score (nSPS) is 10.3. The summed E-state index contributed by atoms with van der Waals surface area (Å²) in [6.45, 7) is 4.14. The van der Waals surface area contributed by atoms with E-state index in [1.807, 2.05) is 73.7 Å². The number of anilines is 1. The summed E-state index contributed by atoms with van der Waals surface area (Å²) in [5, 5.41) is 2.87. The number of amides is 2. The van der Waals surface area contributed by atoms with Crippen LogP contribution in [0.4, 0.5) is 5.69 Å². The molecule has 3 rings (SSSR count). The van der Waals surface area contributed by atoms with Crippen LogP contribution in [-0.2, 0) is 4.79 Å². The van der Waals surface area contributed by atoms with Gasteiger partial charge in [0.05, 0.1) is 5.69 Å². The number of benzene rings is 3. The summed E-state index contributed by atoms with van der Waals surface area (Å²) in [4.78, 5) is 26.2. The molecule has 5 heteroatoms. The van der Waals surface area contributed by atoms with Gasteiger partial charge in [-0.1, -0.05) is 48.0 Å². The molecule has 0 saturated carbocycles. The molecule has 0 radical (unpaired) electrons. The third-order valence-corrected chi connectivity index (χ3v) is 4.44. The van der Waals surface area contributed by atoms with E-state index in [0.717, 1.165) is 5.56 Å². The summed E-state index contributed by atoms with van der Waals surface area (Å²) in [7, 11) is 0. The monoisotopic (exact) mass is 388 g/mol. The lowest BCUT2D eigenvalue weighted by Gasteiger charge is -2.24. The molecule has 2 amide bonds. The van der Waals surface area contributed by atoms with Crippen molar-refractivity contribution in [2.75, 3.05) is 18.0 Å². The summed E-state index contributed by atoms with van der Waals surface area (Å²) >= 11 is 0. The van der Waals surface area contributed by atoms with Gasteiger partial charge in [0, 0.05) is 25.6 Å². The Kier molecular flexibility index (Phi) is 6.63. The summed E-state index contributed by atoms with van der Waals surface area (Å²) in [6.07, 6.45) is 0. The Bertz CT molecular complexity index is 969. The number of carbonyl (C=O) groups excluding carboxylic acids is 2. The Labute approximate surface area is 170 Å². The number of carbonyl (C=O) groups is 2. The number of nitrogens with one attached hydrogen (secondary N) is 1. The SMILES string of the molecule is CC(=O)N(CCNC(=O)c1ccc(C)cc1)c1ccccc1Oc1ccccc1. The van der Waals surface area contributed by atoms with Gasteiger partial charge in [-0.05, 0) is 43.3 Å². The van der Waals surface area contributed by atoms with Crippen molar-refractivity contribution in [1.29, 1.82) is 0 Å². The third kappa shape index (κ3) is 5.45. The van der Waals surface area contributed by atoms with E-state index in [1.165, 1.54) is 6.92 Å². The van der Waals surface area contributed by atoms with Crippen LogP contribution < -0.4 is 15.0 Å². The summed E-state index contributed by atoms with van der Waals surface area (Å²) in [5.41, 5.74) is 2.35. The van der Waals surface area contributed by atoms with Gasteiger partial charge < -0.3 is 15.0 Å². The molecular formula is C24H24N2O3. The first-order valence-corrected chi connectivity index (χ1v) is 9.49. The molecule has 148 valence electrons. The van der Waals surface area contributed by atoms with E-state index >= 15 is 0 Å². The molecule has 0 atom stereocenters. The summed E-state index contributed by atoms with van der Waals surface area (Å²) in [6, 6.07) is 24.2. The molecule has 0 aliphatic heterocycles. The fourth-order valence-electron chi connectivity index (χ4n) is 2.92. The predicted octanol–water partition coefficient (Wildman–Crippen LogP) is 4.57. The molecule has 0 bridgehead atoms. The van der Waals surface area contributed by atoms with Crippen molar-refractivity contribution >= 4 is 17.5 Å². The van der Waals surface area contributed by atoms with Gasteiger partial charge in [0.15, 0.2) is 5.75 Å². The van der Waals surface area contributed by atoms with Crippen molar-refractivity contribution in [3.8, 4) is 11.5 Å². The first kappa shape index (κ1) is 20.1. The fourth-order valence-corrected chi connectivity index (χ4v) is 2.92. The fraction of sp³-hybridized carbons (Fsp3) is 0.167. The molecule has 5 nitrogen and oxygen atoms in total. The van der Waals surface area contributed by atoms with Crippen LogP contribution in [0, 0.1) is 6.92 Å². The second-order valence-corrected chi connectivity index (χ2v) is 6.68. The minimum absolute atomic E-state index is 0.126. The maximum Gasteiger partial charge on any atom is 0.251 e. The summed E-state index contributed by atoms with van der Waals surface area (Å²) in [5.74, 6) is 0.982. The van der Waals surface area contributed by atoms with E-state index in [1.54, 1.807) is 17.0 Å². The molecule has 0 fully saturated rings. The van der Waals surface area contributed by atoms with Crippen LogP contribution in [0.5, 0.6) is 11.5 Å². The van der Waals surface area contributed by atoms with Crippen molar-refractivity contribution in [2.45, 2.75) is 13.8 Å². The number of ether oxygens (including phenoxy) is 1. The average molecular weight is 388 g/mol. The lowest BCUT2D eigenvalue weighted by atomic mass is 10.1. The van der Waals surface area contributed by atoms with Gasteiger partial charge in [-0.2, -0.15) is 0 Å². The van der Waals surface area contributed by atoms with Crippen LogP contribution in [-0.4, -0.2) is 24.9 Å². The Hall–Kier alpha value is -3.60. The molecule has 0 heterocycles. The molecule has 0 aliphatic rings. The zero-order valence-corrected chi connectivity index (χ0v) is 16.6. The zero-order chi connectivity index (χ0) is 20.6. The zero-order valence-electron chi connectivity index (χ0n) is 16.6. The van der Waals surface area contributed by atoms with Gasteiger partial charge in [0.25, 0.3) is 5.91 Å². The molecule has 29 heavy (non-hydrogen) atoms. The first-order valence-electron chi connectivity index (χ1n) is 9.49. The van der Waals surface area contributed by atoms with Gasteiger partial charge in [-0.3, -0.25) is 9.59 Å². The van der Waals surface area contributed by atoms with Gasteiger partial charge in [0.1, 0.15) is 5.75 Å². The topological polar surface area (TPSA) is 58.6 Å². The van der Waals surface area contributed by atoms with Gasteiger partial charge in [0.2, 0.25) is 5.91 Å². The quantitative estimate of drug-likeness (QED) is 0.645. The lowest BCUT2D eigenvalue weighted by Crippen LogP contribution is -2.37. The Morgan fingerprint density at radius 3 is 2.24 bits per heavy atom. The highest BCUT2D eigenvalue weighted by molar-refractivity contribution is 5.95. The van der Waals surface area contributed by atoms with E-state index < -0.39 is 0 Å². The lowest BCUT2D eigenvalue weighted by molar-refractivity contribution is -0.116. The minimum atomic E-state index is -0.165. The van der Waals surface area contributed by atoms with Crippen molar-refractivity contribution < 1.29 is 14.3 Å². The van der Waals surface area contributed by atoms with Crippen molar-refractivity contribution in [3.63, 3.8) is 0 Å². The number of nitrogens with zero attached hydrogens (tertiary/aromatic N) is 1. The standard InChI is InChI=1S/C24H24N2O3/c1-18-12-14-20(15-13-18)24(28)25-16-17-26(19(2)27)22-10-6-7-11-23(22)29-21-8-4-3-5-9-21/h3-15H,16-17H2,1-2H3,(H,25,28). The maximum absolute atomic E-state index is 12.3. The molecule has 1 N–H and O–H groups in total. The molecule has 3 aromatic rings. The van der Waals surface area contributed by atoms with Crippen molar-refractivity contribution in [2.24, 2.45) is 0 Å². The highest BCUT2D eigenvalue weighted by atomic mass is 16.5. The second-order valence-electron chi connectivity index (χ2n) is 6.68. The van der Waals surface area contributed by atoms with E-state index in [4.69, 9.17) is 4.74 Å². The van der Waals surface area contributed by atoms with Crippen LogP contribution in [0.3, 0.4) is 0 Å². The molecule has 0 saturated heterocycles. The Morgan fingerprint density at radius 1 is 0.897 bits per heavy atom. The number of para-hydroxylation sites is 3. The van der Waals surface area contributed by atoms with E-state index in [-0.39, 0.29) is 11.8 Å². The second kappa shape index (κ2) is 9.55. The van der Waals surface area contributed by atoms with Crippen molar-refractivity contribution in [1.82, 2.24) is 5.32 Å². The van der Waals surface area contributed by atoms with Gasteiger partial charge in [-0.15, -0.1) is 0 Å². The molecule has 0 aromatic heterocycles. The molecule has 0 unspecified atom stereocenters. The number of hydrogen-bond acceptors (Lipinski definition) is 3. The maximum atomic E-state index is 12.3. The Morgan fingerprint density at radius 2 is 1.55 bits per heavy atom. The highest BCUT2D eigenvalue weighted by Gasteiger charge is 2.17. The molecule has 0 spiro atoms. The summed E-state index contributed by atoms with van der Waals surface area (Å²) < 4.78 is 5.97. The van der Waals surface area contributed by atoms with Crippen LogP contribution in [0.2, 0.25) is 0 Å². The molecular weight excluding hydrogens is 364 g/mol. The largest absolute Gasteiger partial charge is 0.455 e. The number of rotatable bonds is 7. The number of hydrogen-bond donors (Lipinski definition) is 1. The van der Waals surface area contributed by atoms with Gasteiger partial charge >= 0.3 is 0 Å². The van der Waals surface area contributed by atoms with E-state index in [9.17, 15) is 9.59 Å². The van der Waals surface area contributed by atoms with Crippen molar-refractivity contribution in [3.05, 3.63) is 90.0 Å². The van der Waals surface area contributed by atoms with Crippen LogP contribution >= 0.6 is 0 Å². The third-order valence-electron chi connectivity index (χ3n) is 4.44. The smallest absolute Gasteiger partial charge is 0.251 e. The average Bonchev–Trinajstić information content (AvgIpc) is 2.73. The first-order chi connectivity index (χ1) is 14.0. The minimum Gasteiger partial charge on any atom is -0.455 e. The number of aryl methyl sites for hydroxylation is 1. The molecule has 3 aromatic carbocycles. The molecule has 0 aliphatic carbocycles. The van der Waals surface area contributed by atoms with Crippen LogP contribution in [0.1, 0.15) is 22.8 Å². The van der Waals surface area contributed by atoms with Crippen LogP contribution in [0.15, 0.2) is 78.9 Å². The highest BCUT2D eigenvalue weighted by Crippen LogP contribution is 2.32. The van der Waals surface area contributed by atoms with E-state index in [2.05, 4.69) is 5.32 Å². The van der Waals surface area contributed by atoms with E-state index in [0.29, 0.717) is 35.8 Å². The van der Waals surface area contributed by atoms with Gasteiger partial charge in [-0.25, -0.2) is 0 Å². The Balaban J connectivity index is 1.69. The predicted molar refractivity (Wildman–Crippen MR) is 114 cm³/mol. The van der Waals surface area contributed by atoms with Crippen LogP contribution in [0.25, 0.3) is 0 Å².